The minimum Gasteiger partial charge on any atom is -0.240 e. The van der Waals surface area contributed by atoms with E-state index in [1.807, 2.05) is 0 Å². The number of halogens is 4. The van der Waals surface area contributed by atoms with E-state index in [4.69, 9.17) is 23.2 Å². The molecule has 72 valence electrons. The maximum Gasteiger partial charge on any atom is 0.264 e. The lowest BCUT2D eigenvalue weighted by Crippen LogP contribution is -1.98. The number of nitrogens with zero attached hydrogens (tertiary/aromatic N) is 1. The first-order valence-electron chi connectivity index (χ1n) is 3.56. The van der Waals surface area contributed by atoms with E-state index >= 15 is 0 Å². The van der Waals surface area contributed by atoms with Crippen LogP contribution in [0.1, 0.15) is 23.2 Å². The van der Waals surface area contributed by atoms with Crippen LogP contribution in [0, 0.1) is 6.92 Å². The van der Waals surface area contributed by atoms with E-state index in [0.717, 1.165) is 6.07 Å². The largest absolute Gasteiger partial charge is 0.264 e. The van der Waals surface area contributed by atoms with Gasteiger partial charge in [0.05, 0.1) is 11.6 Å². The highest BCUT2D eigenvalue weighted by Crippen LogP contribution is 2.27. The molecular formula is C8H7Cl2F2N. The van der Waals surface area contributed by atoms with Crippen LogP contribution in [-0.2, 0) is 5.88 Å². The van der Waals surface area contributed by atoms with Crippen LogP contribution in [0.2, 0.25) is 5.15 Å². The first-order valence-corrected chi connectivity index (χ1v) is 4.47. The molecule has 0 amide bonds. The number of rotatable bonds is 2. The molecule has 0 aliphatic heterocycles. The van der Waals surface area contributed by atoms with Crippen molar-refractivity contribution in [3.8, 4) is 0 Å². The molecule has 5 heteroatoms. The predicted octanol–water partition coefficient (Wildman–Crippen LogP) is 3.72. The van der Waals surface area contributed by atoms with Crippen molar-refractivity contribution in [2.45, 2.75) is 19.2 Å². The topological polar surface area (TPSA) is 12.9 Å². The van der Waals surface area contributed by atoms with Gasteiger partial charge in [0.1, 0.15) is 5.15 Å². The first-order chi connectivity index (χ1) is 6.06. The van der Waals surface area contributed by atoms with E-state index in [1.165, 1.54) is 0 Å². The zero-order valence-corrected chi connectivity index (χ0v) is 8.33. The Kier molecular flexibility index (Phi) is 3.45. The second-order valence-electron chi connectivity index (χ2n) is 2.54. The zero-order valence-electron chi connectivity index (χ0n) is 6.82. The summed E-state index contributed by atoms with van der Waals surface area (Å²) in [5.74, 6) is 0.0894. The fourth-order valence-electron chi connectivity index (χ4n) is 1.00. The van der Waals surface area contributed by atoms with Gasteiger partial charge in [-0.3, -0.25) is 0 Å². The van der Waals surface area contributed by atoms with Gasteiger partial charge >= 0.3 is 0 Å². The minimum atomic E-state index is -2.54. The average molecular weight is 226 g/mol. The molecule has 0 atom stereocenters. The highest BCUT2D eigenvalue weighted by molar-refractivity contribution is 6.29. The molecule has 1 aromatic heterocycles. The van der Waals surface area contributed by atoms with Gasteiger partial charge in [-0.1, -0.05) is 11.6 Å². The Hall–Kier alpha value is -0.410. The molecule has 1 nitrogen and oxygen atoms in total. The lowest BCUT2D eigenvalue weighted by molar-refractivity contribution is 0.150. The summed E-state index contributed by atoms with van der Waals surface area (Å²) in [7, 11) is 0. The molecule has 0 saturated carbocycles. The molecule has 0 N–H and O–H groups in total. The maximum absolute atomic E-state index is 12.4. The van der Waals surface area contributed by atoms with E-state index in [-0.39, 0.29) is 16.6 Å². The maximum atomic E-state index is 12.4. The van der Waals surface area contributed by atoms with Crippen molar-refractivity contribution < 1.29 is 8.78 Å². The number of hydrogen-bond acceptors (Lipinski definition) is 1. The van der Waals surface area contributed by atoms with Gasteiger partial charge in [0.25, 0.3) is 6.43 Å². The van der Waals surface area contributed by atoms with Crippen molar-refractivity contribution >= 4 is 23.2 Å². The van der Waals surface area contributed by atoms with Crippen molar-refractivity contribution in [1.82, 2.24) is 4.98 Å². The molecule has 0 radical (unpaired) electrons. The lowest BCUT2D eigenvalue weighted by Gasteiger charge is -2.08. The summed E-state index contributed by atoms with van der Waals surface area (Å²) in [6, 6.07) is 1.16. The molecular weight excluding hydrogens is 219 g/mol. The molecule has 0 bridgehead atoms. The van der Waals surface area contributed by atoms with Crippen molar-refractivity contribution in [2.75, 3.05) is 0 Å². The summed E-state index contributed by atoms with van der Waals surface area (Å²) < 4.78 is 24.8. The third kappa shape index (κ3) is 2.29. The molecule has 0 unspecified atom stereocenters. The third-order valence-electron chi connectivity index (χ3n) is 1.74. The molecule has 13 heavy (non-hydrogen) atoms. The van der Waals surface area contributed by atoms with Crippen molar-refractivity contribution in [1.29, 1.82) is 0 Å². The fraction of sp³-hybridized carbons (Fsp3) is 0.375. The van der Waals surface area contributed by atoms with Gasteiger partial charge in [0, 0.05) is 5.56 Å². The highest BCUT2D eigenvalue weighted by atomic mass is 35.5. The van der Waals surface area contributed by atoms with Gasteiger partial charge in [0.2, 0.25) is 0 Å². The summed E-state index contributed by atoms with van der Waals surface area (Å²) in [5, 5.41) is 0.0524. The van der Waals surface area contributed by atoms with Crippen LogP contribution in [0.25, 0.3) is 0 Å². The summed E-state index contributed by atoms with van der Waals surface area (Å²) in [6.45, 7) is 1.56. The second-order valence-corrected chi connectivity index (χ2v) is 3.19. The van der Waals surface area contributed by atoms with Gasteiger partial charge in [-0.05, 0) is 18.6 Å². The average Bonchev–Trinajstić information content (AvgIpc) is 2.08. The zero-order chi connectivity index (χ0) is 10.0. The standard InChI is InChI=1S/C8H7Cl2F2N/c1-4-5(8(11)12)2-7(10)13-6(4)3-9/h2,8H,3H2,1H3. The molecule has 0 spiro atoms. The quantitative estimate of drug-likeness (QED) is 0.553. The third-order valence-corrected chi connectivity index (χ3v) is 2.19. The van der Waals surface area contributed by atoms with Crippen LogP contribution >= 0.6 is 23.2 Å². The molecule has 0 aromatic carbocycles. The van der Waals surface area contributed by atoms with Crippen molar-refractivity contribution in [3.63, 3.8) is 0 Å². The SMILES string of the molecule is Cc1c(C(F)F)cc(Cl)nc1CCl. The molecule has 0 aliphatic rings. The van der Waals surface area contributed by atoms with Crippen molar-refractivity contribution in [3.05, 3.63) is 28.0 Å². The molecule has 0 fully saturated rings. The Bertz CT molecular complexity index is 315. The monoisotopic (exact) mass is 225 g/mol. The first kappa shape index (κ1) is 10.7. The smallest absolute Gasteiger partial charge is 0.240 e. The highest BCUT2D eigenvalue weighted by Gasteiger charge is 2.14. The molecule has 1 aromatic rings. The number of aromatic nitrogens is 1. The molecule has 1 heterocycles. The van der Waals surface area contributed by atoms with Crippen LogP contribution in [-0.4, -0.2) is 4.98 Å². The predicted molar refractivity (Wildman–Crippen MR) is 48.5 cm³/mol. The van der Waals surface area contributed by atoms with E-state index in [2.05, 4.69) is 4.98 Å². The Morgan fingerprint density at radius 1 is 1.54 bits per heavy atom. The minimum absolute atomic E-state index is 0.0524. The molecule has 0 saturated heterocycles. The Labute approximate surface area is 84.7 Å². The van der Waals surface area contributed by atoms with E-state index in [1.54, 1.807) is 6.92 Å². The number of pyridine rings is 1. The Balaban J connectivity index is 3.27. The number of hydrogen-bond donors (Lipinski definition) is 0. The van der Waals surface area contributed by atoms with Gasteiger partial charge in [-0.25, -0.2) is 13.8 Å². The van der Waals surface area contributed by atoms with Crippen LogP contribution < -0.4 is 0 Å². The lowest BCUT2D eigenvalue weighted by atomic mass is 10.1. The van der Waals surface area contributed by atoms with Gasteiger partial charge < -0.3 is 0 Å². The van der Waals surface area contributed by atoms with E-state index in [9.17, 15) is 8.78 Å². The summed E-state index contributed by atoms with van der Waals surface area (Å²) in [4.78, 5) is 3.83. The van der Waals surface area contributed by atoms with Gasteiger partial charge in [-0.15, -0.1) is 11.6 Å². The summed E-state index contributed by atoms with van der Waals surface area (Å²) >= 11 is 11.1. The van der Waals surface area contributed by atoms with Crippen LogP contribution in [0.3, 0.4) is 0 Å². The van der Waals surface area contributed by atoms with E-state index < -0.39 is 6.43 Å². The summed E-state index contributed by atoms with van der Waals surface area (Å²) in [6.07, 6.45) is -2.54. The van der Waals surface area contributed by atoms with Gasteiger partial charge in [-0.2, -0.15) is 0 Å². The normalized spacial score (nSPS) is 10.9. The molecule has 1 rings (SSSR count). The second kappa shape index (κ2) is 4.20. The number of alkyl halides is 3. The van der Waals surface area contributed by atoms with E-state index in [0.29, 0.717) is 11.3 Å². The van der Waals surface area contributed by atoms with Crippen LogP contribution in [0.5, 0.6) is 0 Å². The van der Waals surface area contributed by atoms with Gasteiger partial charge in [0.15, 0.2) is 0 Å². The fourth-order valence-corrected chi connectivity index (χ4v) is 1.48. The Morgan fingerprint density at radius 2 is 2.15 bits per heavy atom. The molecule has 0 aliphatic carbocycles. The van der Waals surface area contributed by atoms with Crippen LogP contribution in [0.4, 0.5) is 8.78 Å². The summed E-state index contributed by atoms with van der Waals surface area (Å²) in [5.41, 5.74) is 0.717. The van der Waals surface area contributed by atoms with Crippen molar-refractivity contribution in [2.24, 2.45) is 0 Å². The Morgan fingerprint density at radius 3 is 2.62 bits per heavy atom. The van der Waals surface area contributed by atoms with Crippen LogP contribution in [0.15, 0.2) is 6.07 Å².